The zero-order chi connectivity index (χ0) is 25.2. The fourth-order valence-corrected chi connectivity index (χ4v) is 4.79. The van der Waals surface area contributed by atoms with Gasteiger partial charge in [-0.25, -0.2) is 5.01 Å². The average molecular weight is 491 g/mol. The van der Waals surface area contributed by atoms with Gasteiger partial charge >= 0.3 is 0 Å². The number of rotatable bonds is 8. The molecule has 0 radical (unpaired) electrons. The van der Waals surface area contributed by atoms with Gasteiger partial charge in [0.2, 0.25) is 12.0 Å². The van der Waals surface area contributed by atoms with Crippen molar-refractivity contribution in [1.82, 2.24) is 5.01 Å². The van der Waals surface area contributed by atoms with Gasteiger partial charge in [0.05, 0.1) is 46.8 Å². The standard InChI is InChI=1S/C28H30N2O6/c1-6-35-19-12-10-17(11-13-19)21-16-22-20-8-7-9-23(31-2)26(20)36-28(30(22)29-21)18-14-24(32-3)27(34-5)25(15-18)33-4/h7-15,22,28H,6,16H2,1-5H3/t22-,28-/m1/s1. The number of hydrogen-bond donors (Lipinski definition) is 0. The van der Waals surface area contributed by atoms with Crippen LogP contribution in [-0.2, 0) is 0 Å². The first-order valence-corrected chi connectivity index (χ1v) is 11.8. The van der Waals surface area contributed by atoms with Crippen molar-refractivity contribution in [1.29, 1.82) is 0 Å². The Morgan fingerprint density at radius 1 is 0.889 bits per heavy atom. The molecule has 0 amide bonds. The highest BCUT2D eigenvalue weighted by Gasteiger charge is 2.42. The molecule has 0 unspecified atom stereocenters. The largest absolute Gasteiger partial charge is 0.494 e. The molecular formula is C28H30N2O6. The molecule has 0 bridgehead atoms. The maximum Gasteiger partial charge on any atom is 0.214 e. The molecule has 36 heavy (non-hydrogen) atoms. The molecule has 188 valence electrons. The third-order valence-electron chi connectivity index (χ3n) is 6.47. The summed E-state index contributed by atoms with van der Waals surface area (Å²) in [5.41, 5.74) is 3.87. The van der Waals surface area contributed by atoms with E-state index in [2.05, 4.69) is 6.07 Å². The molecule has 2 aliphatic rings. The van der Waals surface area contributed by atoms with E-state index in [1.54, 1.807) is 28.4 Å². The van der Waals surface area contributed by atoms with Crippen LogP contribution in [0.15, 0.2) is 59.7 Å². The van der Waals surface area contributed by atoms with E-state index < -0.39 is 6.23 Å². The van der Waals surface area contributed by atoms with E-state index in [-0.39, 0.29) is 6.04 Å². The molecule has 0 saturated heterocycles. The van der Waals surface area contributed by atoms with Crippen LogP contribution in [0.1, 0.15) is 42.3 Å². The number of benzene rings is 3. The van der Waals surface area contributed by atoms with Gasteiger partial charge in [0.15, 0.2) is 23.0 Å². The summed E-state index contributed by atoms with van der Waals surface area (Å²) < 4.78 is 34.6. The summed E-state index contributed by atoms with van der Waals surface area (Å²) in [5.74, 6) is 3.85. The SMILES string of the molecule is CCOc1ccc(C2=NN3[C@H](C2)c2cccc(OC)c2O[C@@H]3c2cc(OC)c(OC)c(OC)c2)cc1. The van der Waals surface area contributed by atoms with Gasteiger partial charge in [-0.1, -0.05) is 12.1 Å². The second-order valence-corrected chi connectivity index (χ2v) is 8.41. The first kappa shape index (κ1) is 23.7. The number of nitrogens with zero attached hydrogens (tertiary/aromatic N) is 2. The molecule has 0 fully saturated rings. The monoisotopic (exact) mass is 490 g/mol. The van der Waals surface area contributed by atoms with E-state index in [9.17, 15) is 0 Å². The number of ether oxygens (including phenoxy) is 6. The summed E-state index contributed by atoms with van der Waals surface area (Å²) in [5, 5.41) is 7.06. The molecule has 2 atom stereocenters. The summed E-state index contributed by atoms with van der Waals surface area (Å²) in [6.07, 6.45) is 0.186. The number of fused-ring (bicyclic) bond motifs is 3. The number of hydrogen-bond acceptors (Lipinski definition) is 8. The number of hydrazone groups is 1. The van der Waals surface area contributed by atoms with Crippen molar-refractivity contribution in [2.45, 2.75) is 25.6 Å². The van der Waals surface area contributed by atoms with Crippen LogP contribution in [0, 0.1) is 0 Å². The minimum Gasteiger partial charge on any atom is -0.494 e. The topological polar surface area (TPSA) is 71.0 Å². The van der Waals surface area contributed by atoms with Crippen LogP contribution < -0.4 is 28.4 Å². The van der Waals surface area contributed by atoms with E-state index in [4.69, 9.17) is 33.5 Å². The molecule has 8 heteroatoms. The second-order valence-electron chi connectivity index (χ2n) is 8.41. The number of para-hydroxylation sites is 1. The van der Waals surface area contributed by atoms with Crippen molar-refractivity contribution in [3.05, 3.63) is 71.3 Å². The lowest BCUT2D eigenvalue weighted by Crippen LogP contribution is -2.34. The lowest BCUT2D eigenvalue weighted by molar-refractivity contribution is -0.0211. The first-order chi connectivity index (χ1) is 17.6. The van der Waals surface area contributed by atoms with Gasteiger partial charge in [0.1, 0.15) is 5.75 Å². The summed E-state index contributed by atoms with van der Waals surface area (Å²) in [7, 11) is 6.43. The summed E-state index contributed by atoms with van der Waals surface area (Å²) in [6.45, 7) is 2.60. The summed E-state index contributed by atoms with van der Waals surface area (Å²) >= 11 is 0. The predicted molar refractivity (Wildman–Crippen MR) is 136 cm³/mol. The Morgan fingerprint density at radius 2 is 1.58 bits per heavy atom. The highest BCUT2D eigenvalue weighted by Crippen LogP contribution is 2.52. The Bertz CT molecular complexity index is 1250. The Labute approximate surface area is 210 Å². The minimum absolute atomic E-state index is 0.0329. The van der Waals surface area contributed by atoms with E-state index in [0.29, 0.717) is 35.4 Å². The molecule has 0 saturated carbocycles. The molecule has 0 N–H and O–H groups in total. The van der Waals surface area contributed by atoms with Crippen LogP contribution in [0.5, 0.6) is 34.5 Å². The zero-order valence-corrected chi connectivity index (χ0v) is 21.1. The zero-order valence-electron chi connectivity index (χ0n) is 21.1. The highest BCUT2D eigenvalue weighted by atomic mass is 16.5. The van der Waals surface area contributed by atoms with Gasteiger partial charge in [-0.15, -0.1) is 0 Å². The van der Waals surface area contributed by atoms with Crippen molar-refractivity contribution in [2.24, 2.45) is 5.10 Å². The lowest BCUT2D eigenvalue weighted by Gasteiger charge is -2.38. The Balaban J connectivity index is 1.61. The molecule has 3 aromatic carbocycles. The fourth-order valence-electron chi connectivity index (χ4n) is 4.79. The first-order valence-electron chi connectivity index (χ1n) is 11.8. The minimum atomic E-state index is -0.535. The molecule has 8 nitrogen and oxygen atoms in total. The molecular weight excluding hydrogens is 460 g/mol. The molecule has 0 aliphatic carbocycles. The van der Waals surface area contributed by atoms with Gasteiger partial charge in [0, 0.05) is 17.5 Å². The van der Waals surface area contributed by atoms with E-state index >= 15 is 0 Å². The quantitative estimate of drug-likeness (QED) is 0.421. The van der Waals surface area contributed by atoms with Crippen molar-refractivity contribution >= 4 is 5.71 Å². The van der Waals surface area contributed by atoms with Crippen molar-refractivity contribution in [3.63, 3.8) is 0 Å². The summed E-state index contributed by atoms with van der Waals surface area (Å²) in [4.78, 5) is 0. The Kier molecular flexibility index (Phi) is 6.50. The third-order valence-corrected chi connectivity index (χ3v) is 6.47. The van der Waals surface area contributed by atoms with E-state index in [1.165, 1.54) is 0 Å². The fraction of sp³-hybridized carbons (Fsp3) is 0.321. The van der Waals surface area contributed by atoms with Gasteiger partial charge in [-0.3, -0.25) is 0 Å². The maximum absolute atomic E-state index is 6.58. The van der Waals surface area contributed by atoms with E-state index in [0.717, 1.165) is 34.6 Å². The highest BCUT2D eigenvalue weighted by molar-refractivity contribution is 6.02. The van der Waals surface area contributed by atoms with Crippen LogP contribution in [0.3, 0.4) is 0 Å². The average Bonchev–Trinajstić information content (AvgIpc) is 3.37. The van der Waals surface area contributed by atoms with Gasteiger partial charge in [-0.2, -0.15) is 5.10 Å². The molecule has 2 heterocycles. The molecule has 3 aromatic rings. The van der Waals surface area contributed by atoms with Gasteiger partial charge in [0.25, 0.3) is 0 Å². The lowest BCUT2D eigenvalue weighted by atomic mass is 9.95. The van der Waals surface area contributed by atoms with Crippen LogP contribution >= 0.6 is 0 Å². The van der Waals surface area contributed by atoms with Crippen LogP contribution in [0.25, 0.3) is 0 Å². The third kappa shape index (κ3) is 4.02. The van der Waals surface area contributed by atoms with Crippen LogP contribution in [0.4, 0.5) is 0 Å². The normalized spacial score (nSPS) is 17.9. The molecule has 2 aliphatic heterocycles. The van der Waals surface area contributed by atoms with E-state index in [1.807, 2.05) is 60.5 Å². The van der Waals surface area contributed by atoms with Gasteiger partial charge in [-0.05, 0) is 55.0 Å². The van der Waals surface area contributed by atoms with Crippen molar-refractivity contribution < 1.29 is 28.4 Å². The van der Waals surface area contributed by atoms with Crippen molar-refractivity contribution in [2.75, 3.05) is 35.0 Å². The Hall–Kier alpha value is -4.07. The Morgan fingerprint density at radius 3 is 2.19 bits per heavy atom. The van der Waals surface area contributed by atoms with Crippen molar-refractivity contribution in [3.8, 4) is 34.5 Å². The number of methoxy groups -OCH3 is 4. The van der Waals surface area contributed by atoms with Crippen LogP contribution in [0.2, 0.25) is 0 Å². The molecule has 0 spiro atoms. The molecule has 0 aromatic heterocycles. The van der Waals surface area contributed by atoms with Crippen LogP contribution in [-0.4, -0.2) is 45.8 Å². The predicted octanol–water partition coefficient (Wildman–Crippen LogP) is 5.36. The summed E-state index contributed by atoms with van der Waals surface area (Å²) in [6, 6.07) is 17.8. The maximum atomic E-state index is 6.58. The van der Waals surface area contributed by atoms with Gasteiger partial charge < -0.3 is 28.4 Å². The molecule has 5 rings (SSSR count). The second kappa shape index (κ2) is 9.89. The smallest absolute Gasteiger partial charge is 0.214 e.